The molecular formula is C53H58FN3O8. The maximum absolute atomic E-state index is 15.3. The first kappa shape index (κ1) is 46.9. The van der Waals surface area contributed by atoms with Gasteiger partial charge in [0, 0.05) is 48.8 Å². The number of nitrogens with zero attached hydrogens (tertiary/aromatic N) is 3. The Morgan fingerprint density at radius 3 is 2.38 bits per heavy atom. The summed E-state index contributed by atoms with van der Waals surface area (Å²) in [7, 11) is 0. The molecule has 340 valence electrons. The van der Waals surface area contributed by atoms with Crippen LogP contribution in [0.1, 0.15) is 109 Å². The number of hydrogen-bond acceptors (Lipinski definition) is 10. The minimum absolute atomic E-state index is 0.000352. The van der Waals surface area contributed by atoms with Gasteiger partial charge in [-0.1, -0.05) is 54.4 Å². The van der Waals surface area contributed by atoms with Crippen LogP contribution in [0.15, 0.2) is 120 Å². The standard InChI is InChI=1S/C53H58FN3O8/c1-5-27-62-53-48(57(33-36-17-21-40(54)22-18-36)51(61)38-19-15-35(32-55)16-20-38)31-46(56-65-52(2,3)4)44-29-39(12-6-8-25-58)43(14-7-9-26-59)49(50(44)53)45-30-42(23-24-47(45)64-53)63-41-13-10-11-37(28-41)34-60/h5,10-11,13,15-24,28-30,34,39,43,48-50,58-59H,1,6-9,12,14,25-27,31,33H2,2-4H3. The average Bonchev–Trinajstić information content (AvgIpc) is 3.31. The minimum atomic E-state index is -1.56. The van der Waals surface area contributed by atoms with Crippen molar-refractivity contribution in [3.05, 3.63) is 149 Å². The van der Waals surface area contributed by atoms with Gasteiger partial charge in [-0.3, -0.25) is 9.59 Å². The molecule has 0 radical (unpaired) electrons. The molecule has 1 aliphatic heterocycles. The summed E-state index contributed by atoms with van der Waals surface area (Å²) in [5.41, 5.74) is 3.56. The van der Waals surface area contributed by atoms with Crippen LogP contribution < -0.4 is 9.47 Å². The quantitative estimate of drug-likeness (QED) is 0.0406. The Labute approximate surface area is 380 Å². The fraction of sp³-hybridized carbons (Fsp3) is 0.396. The molecule has 4 aromatic rings. The fourth-order valence-corrected chi connectivity index (χ4v) is 9.65. The van der Waals surface area contributed by atoms with Gasteiger partial charge in [-0.05, 0) is 136 Å². The first-order valence-electron chi connectivity index (χ1n) is 22.5. The van der Waals surface area contributed by atoms with E-state index in [1.54, 1.807) is 71.6 Å². The number of aliphatic hydroxyl groups excluding tert-OH is 2. The highest BCUT2D eigenvalue weighted by molar-refractivity contribution is 6.03. The molecule has 0 saturated heterocycles. The molecule has 0 bridgehead atoms. The molecule has 6 unspecified atom stereocenters. The third kappa shape index (κ3) is 10.5. The summed E-state index contributed by atoms with van der Waals surface area (Å²) < 4.78 is 35.4. The zero-order valence-corrected chi connectivity index (χ0v) is 37.3. The maximum atomic E-state index is 15.3. The highest BCUT2D eigenvalue weighted by atomic mass is 19.1. The normalized spacial score (nSPS) is 22.6. The fourth-order valence-electron chi connectivity index (χ4n) is 9.65. The van der Waals surface area contributed by atoms with Crippen molar-refractivity contribution in [2.45, 2.75) is 95.6 Å². The van der Waals surface area contributed by atoms with E-state index in [0.717, 1.165) is 43.1 Å². The van der Waals surface area contributed by atoms with Crippen LogP contribution in [0.25, 0.3) is 0 Å². The van der Waals surface area contributed by atoms with Crippen molar-refractivity contribution in [3.8, 4) is 23.3 Å². The molecule has 0 aromatic heterocycles. The van der Waals surface area contributed by atoms with E-state index in [2.05, 4.69) is 18.7 Å². The number of unbranched alkanes of at least 4 members (excludes halogenated alkanes) is 2. The third-order valence-corrected chi connectivity index (χ3v) is 12.5. The predicted molar refractivity (Wildman–Crippen MR) is 245 cm³/mol. The number of aliphatic hydroxyl groups is 2. The highest BCUT2D eigenvalue weighted by Gasteiger charge is 2.65. The molecule has 65 heavy (non-hydrogen) atoms. The lowest BCUT2D eigenvalue weighted by Gasteiger charge is -2.60. The van der Waals surface area contributed by atoms with Crippen molar-refractivity contribution in [1.29, 1.82) is 5.26 Å². The smallest absolute Gasteiger partial charge is 0.254 e. The average molecular weight is 884 g/mol. The van der Waals surface area contributed by atoms with E-state index < -0.39 is 29.2 Å². The molecular weight excluding hydrogens is 826 g/mol. The molecule has 1 saturated carbocycles. The third-order valence-electron chi connectivity index (χ3n) is 12.5. The van der Waals surface area contributed by atoms with Gasteiger partial charge in [0.2, 0.25) is 5.79 Å². The maximum Gasteiger partial charge on any atom is 0.254 e. The summed E-state index contributed by atoms with van der Waals surface area (Å²) in [4.78, 5) is 35.0. The van der Waals surface area contributed by atoms with Crippen molar-refractivity contribution >= 4 is 17.9 Å². The van der Waals surface area contributed by atoms with Crippen LogP contribution in [0, 0.1) is 34.9 Å². The number of oxime groups is 1. The van der Waals surface area contributed by atoms with Crippen molar-refractivity contribution in [2.75, 3.05) is 19.8 Å². The number of carbonyl (C=O) groups is 2. The molecule has 4 aromatic carbocycles. The molecule has 2 aliphatic carbocycles. The zero-order chi connectivity index (χ0) is 46.1. The van der Waals surface area contributed by atoms with Crippen LogP contribution >= 0.6 is 0 Å². The van der Waals surface area contributed by atoms with E-state index in [1.165, 1.54) is 12.1 Å². The van der Waals surface area contributed by atoms with Crippen molar-refractivity contribution in [2.24, 2.45) is 22.9 Å². The van der Waals surface area contributed by atoms with Crippen molar-refractivity contribution in [1.82, 2.24) is 4.90 Å². The summed E-state index contributed by atoms with van der Waals surface area (Å²) in [6.07, 6.45) is 9.10. The van der Waals surface area contributed by atoms with Crippen LogP contribution in [0.2, 0.25) is 0 Å². The number of hydrogen-bond donors (Lipinski definition) is 2. The predicted octanol–water partition coefficient (Wildman–Crippen LogP) is 10.1. The second kappa shape index (κ2) is 20.8. The van der Waals surface area contributed by atoms with Crippen LogP contribution in [0.5, 0.6) is 17.2 Å². The summed E-state index contributed by atoms with van der Waals surface area (Å²) in [6, 6.07) is 26.4. The molecule has 1 amide bonds. The summed E-state index contributed by atoms with van der Waals surface area (Å²) >= 11 is 0. The SMILES string of the molecule is C=CCOC12Oc3ccc(Oc4cccc(C=O)c4)cc3C3C(CCCCO)C(CCCCO)C=C(C(=NOC(C)(C)C)CC1N(Cc1ccc(F)cc1)C(=O)c1ccc(C#N)cc1)C32. The van der Waals surface area contributed by atoms with Crippen molar-refractivity contribution < 1.29 is 43.2 Å². The van der Waals surface area contributed by atoms with Crippen LogP contribution in [-0.2, 0) is 16.1 Å². The second-order valence-corrected chi connectivity index (χ2v) is 18.0. The summed E-state index contributed by atoms with van der Waals surface area (Å²) in [6.45, 7) is 10.0. The van der Waals surface area contributed by atoms with E-state index in [1.807, 2.05) is 39.0 Å². The molecule has 7 rings (SSSR count). The Hall–Kier alpha value is -6.13. The monoisotopic (exact) mass is 883 g/mol. The van der Waals surface area contributed by atoms with Crippen molar-refractivity contribution in [3.63, 3.8) is 0 Å². The molecule has 3 aliphatic rings. The zero-order valence-electron chi connectivity index (χ0n) is 37.3. The van der Waals surface area contributed by atoms with Gasteiger partial charge < -0.3 is 34.2 Å². The van der Waals surface area contributed by atoms with Crippen LogP contribution in [-0.4, -0.2) is 70.3 Å². The minimum Gasteiger partial charge on any atom is -0.459 e. The second-order valence-electron chi connectivity index (χ2n) is 18.0. The lowest BCUT2D eigenvalue weighted by atomic mass is 9.55. The summed E-state index contributed by atoms with van der Waals surface area (Å²) in [5, 5.41) is 34.5. The molecule has 0 spiro atoms. The number of ether oxygens (including phenoxy) is 3. The number of rotatable bonds is 19. The molecule has 1 fully saturated rings. The Morgan fingerprint density at radius 2 is 1.71 bits per heavy atom. The van der Waals surface area contributed by atoms with Crippen LogP contribution in [0.3, 0.4) is 0 Å². The lowest BCUT2D eigenvalue weighted by Crippen LogP contribution is -2.70. The number of benzene rings is 4. The van der Waals surface area contributed by atoms with Gasteiger partial charge in [-0.2, -0.15) is 5.26 Å². The topological polar surface area (TPSA) is 151 Å². The van der Waals surface area contributed by atoms with Gasteiger partial charge in [-0.25, -0.2) is 4.39 Å². The molecule has 2 N–H and O–H groups in total. The number of nitriles is 1. The molecule has 12 heteroatoms. The van der Waals surface area contributed by atoms with E-state index in [4.69, 9.17) is 24.2 Å². The first-order valence-corrected chi connectivity index (χ1v) is 22.5. The number of fused-ring (bicyclic) bond motifs is 2. The first-order chi connectivity index (χ1) is 31.4. The Balaban J connectivity index is 1.49. The van der Waals surface area contributed by atoms with E-state index >= 15 is 4.79 Å². The van der Waals surface area contributed by atoms with E-state index in [-0.39, 0.29) is 56.4 Å². The number of halogens is 1. The van der Waals surface area contributed by atoms with Gasteiger partial charge in [0.05, 0.1) is 29.9 Å². The largest absolute Gasteiger partial charge is 0.459 e. The van der Waals surface area contributed by atoms with Gasteiger partial charge in [0.1, 0.15) is 41.0 Å². The van der Waals surface area contributed by atoms with Gasteiger partial charge >= 0.3 is 0 Å². The van der Waals surface area contributed by atoms with Crippen LogP contribution in [0.4, 0.5) is 4.39 Å². The lowest BCUT2D eigenvalue weighted by molar-refractivity contribution is -0.255. The molecule has 6 atom stereocenters. The number of aldehydes is 1. The van der Waals surface area contributed by atoms with E-state index in [0.29, 0.717) is 58.1 Å². The Morgan fingerprint density at radius 1 is 0.985 bits per heavy atom. The van der Waals surface area contributed by atoms with Gasteiger partial charge in [0.25, 0.3) is 5.91 Å². The molecule has 1 heterocycles. The number of carbonyl (C=O) groups excluding carboxylic acids is 2. The van der Waals surface area contributed by atoms with E-state index in [9.17, 15) is 24.7 Å². The Bertz CT molecular complexity index is 2420. The highest BCUT2D eigenvalue weighted by Crippen LogP contribution is 2.62. The summed E-state index contributed by atoms with van der Waals surface area (Å²) in [5.74, 6) is -1.74. The Kier molecular flexibility index (Phi) is 15.0. The number of allylic oxidation sites excluding steroid dienone is 1. The van der Waals surface area contributed by atoms with Gasteiger partial charge in [0.15, 0.2) is 0 Å². The number of amides is 1. The van der Waals surface area contributed by atoms with Gasteiger partial charge in [-0.15, -0.1) is 6.58 Å². The molecule has 11 nitrogen and oxygen atoms in total.